The zero-order chi connectivity index (χ0) is 17.7. The molecule has 1 aromatic rings. The number of rotatable bonds is 2. The number of benzene rings is 1. The van der Waals surface area contributed by atoms with Crippen molar-refractivity contribution in [1.29, 1.82) is 0 Å². The molecule has 138 valence electrons. The number of likely N-dealkylation sites (tertiary alicyclic amines) is 1. The van der Waals surface area contributed by atoms with Crippen LogP contribution in [0, 0.1) is 12.8 Å². The van der Waals surface area contributed by atoms with Crippen molar-refractivity contribution >= 4 is 5.97 Å². The molecule has 26 heavy (non-hydrogen) atoms. The highest BCUT2D eigenvalue weighted by atomic mass is 16.6. The predicted octanol–water partition coefficient (Wildman–Crippen LogP) is 2.45. The fourth-order valence-electron chi connectivity index (χ4n) is 6.78. The van der Waals surface area contributed by atoms with Gasteiger partial charge in [-0.1, -0.05) is 23.8 Å². The Morgan fingerprint density at radius 3 is 2.88 bits per heavy atom. The third-order valence-electron chi connectivity index (χ3n) is 8.24. The Morgan fingerprint density at radius 2 is 2.12 bits per heavy atom. The average molecular weight is 352 g/mol. The number of aryl methyl sites for hydroxylation is 1. The van der Waals surface area contributed by atoms with E-state index in [4.69, 9.17) is 10.5 Å². The molecule has 0 radical (unpaired) electrons. The molecule has 1 unspecified atom stereocenters. The van der Waals surface area contributed by atoms with Crippen LogP contribution in [-0.2, 0) is 21.4 Å². The van der Waals surface area contributed by atoms with Gasteiger partial charge in [-0.15, -0.1) is 0 Å². The first-order valence-corrected chi connectivity index (χ1v) is 10.3. The maximum absolute atomic E-state index is 12.8. The quantitative estimate of drug-likeness (QED) is 0.831. The molecule has 4 heteroatoms. The van der Waals surface area contributed by atoms with Gasteiger partial charge in [-0.25, -0.2) is 0 Å². The summed E-state index contributed by atoms with van der Waals surface area (Å²) in [6.07, 6.45) is 7.28. The molecule has 1 aromatic carbocycles. The Bertz CT molecular complexity index is 818. The molecule has 3 aliphatic heterocycles. The van der Waals surface area contributed by atoms with Gasteiger partial charge in [-0.05, 0) is 75.5 Å². The van der Waals surface area contributed by atoms with Crippen molar-refractivity contribution in [2.24, 2.45) is 11.7 Å². The van der Waals surface area contributed by atoms with E-state index in [9.17, 15) is 4.79 Å². The number of carbonyl (C=O) groups is 1. The van der Waals surface area contributed by atoms with Crippen LogP contribution in [0.3, 0.4) is 0 Å². The lowest BCUT2D eigenvalue weighted by Crippen LogP contribution is -2.82. The first-order valence-electron chi connectivity index (χ1n) is 10.3. The van der Waals surface area contributed by atoms with Gasteiger partial charge in [-0.2, -0.15) is 0 Å². The lowest BCUT2D eigenvalue weighted by Gasteiger charge is -2.70. The van der Waals surface area contributed by atoms with E-state index in [1.54, 1.807) is 0 Å². The van der Waals surface area contributed by atoms with Gasteiger partial charge in [0, 0.05) is 12.0 Å². The average Bonchev–Trinajstić information content (AvgIpc) is 3.42. The predicted molar refractivity (Wildman–Crippen MR) is 98.9 cm³/mol. The Labute approximate surface area is 155 Å². The van der Waals surface area contributed by atoms with E-state index in [-0.39, 0.29) is 17.0 Å². The van der Waals surface area contributed by atoms with Crippen LogP contribution in [-0.4, -0.2) is 41.1 Å². The van der Waals surface area contributed by atoms with Crippen molar-refractivity contribution in [3.05, 3.63) is 34.9 Å². The summed E-state index contributed by atoms with van der Waals surface area (Å²) in [6, 6.07) is 7.24. The van der Waals surface area contributed by atoms with E-state index < -0.39 is 5.54 Å². The fraction of sp³-hybridized carbons (Fsp3) is 0.682. The fourth-order valence-corrected chi connectivity index (χ4v) is 6.78. The Kier molecular flexibility index (Phi) is 2.84. The van der Waals surface area contributed by atoms with Gasteiger partial charge in [-0.3, -0.25) is 9.69 Å². The van der Waals surface area contributed by atoms with E-state index in [1.807, 2.05) is 0 Å². The van der Waals surface area contributed by atoms with Gasteiger partial charge in [0.1, 0.15) is 11.1 Å². The molecular weight excluding hydrogens is 324 g/mol. The van der Waals surface area contributed by atoms with E-state index >= 15 is 0 Å². The molecule has 3 heterocycles. The number of ether oxygens (including phenoxy) is 1. The molecule has 1 spiro atoms. The molecule has 4 nitrogen and oxygen atoms in total. The third kappa shape index (κ3) is 1.75. The lowest BCUT2D eigenvalue weighted by molar-refractivity contribution is -0.245. The van der Waals surface area contributed by atoms with Gasteiger partial charge in [0.15, 0.2) is 0 Å². The van der Waals surface area contributed by atoms with E-state index in [2.05, 4.69) is 30.0 Å². The summed E-state index contributed by atoms with van der Waals surface area (Å²) in [4.78, 5) is 15.5. The molecule has 3 saturated heterocycles. The molecule has 6 aliphatic rings. The second kappa shape index (κ2) is 4.71. The number of esters is 1. The highest BCUT2D eigenvalue weighted by Gasteiger charge is 2.74. The van der Waals surface area contributed by atoms with Gasteiger partial charge in [0.2, 0.25) is 0 Å². The summed E-state index contributed by atoms with van der Waals surface area (Å²) < 4.78 is 6.36. The minimum Gasteiger partial charge on any atom is -0.455 e. The summed E-state index contributed by atoms with van der Waals surface area (Å²) in [7, 11) is 0. The SMILES string of the molecule is Cc1ccc2c(c1)[C@]13CCN(CC4CC4)[C@H](C2)[C@]12CCC(N)(C3)C(=O)O2. The number of nitrogens with two attached hydrogens (primary N) is 1. The van der Waals surface area contributed by atoms with Crippen molar-refractivity contribution in [1.82, 2.24) is 4.90 Å². The van der Waals surface area contributed by atoms with Gasteiger partial charge < -0.3 is 10.5 Å². The number of nitrogens with zero attached hydrogens (tertiary/aromatic N) is 1. The molecule has 5 fully saturated rings. The van der Waals surface area contributed by atoms with E-state index in [0.717, 1.165) is 44.6 Å². The zero-order valence-electron chi connectivity index (χ0n) is 15.6. The number of piperidine rings is 1. The van der Waals surface area contributed by atoms with Crippen molar-refractivity contribution in [3.8, 4) is 0 Å². The normalized spacial score (nSPS) is 43.6. The maximum Gasteiger partial charge on any atom is 0.326 e. The van der Waals surface area contributed by atoms with E-state index in [0.29, 0.717) is 6.04 Å². The second-order valence-electron chi connectivity index (χ2n) is 9.76. The summed E-state index contributed by atoms with van der Waals surface area (Å²) in [5.74, 6) is 0.712. The molecule has 2 N–H and O–H groups in total. The van der Waals surface area contributed by atoms with Crippen LogP contribution in [0.4, 0.5) is 0 Å². The molecule has 0 amide bonds. The molecule has 7 rings (SSSR count). The van der Waals surface area contributed by atoms with Crippen LogP contribution >= 0.6 is 0 Å². The minimum absolute atomic E-state index is 0.0851. The molecule has 3 aliphatic carbocycles. The van der Waals surface area contributed by atoms with Crippen LogP contribution in [0.5, 0.6) is 0 Å². The summed E-state index contributed by atoms with van der Waals surface area (Å²) in [6.45, 7) is 4.46. The summed E-state index contributed by atoms with van der Waals surface area (Å²) in [5, 5.41) is 0. The molecule has 4 bridgehead atoms. The molecule has 2 saturated carbocycles. The topological polar surface area (TPSA) is 55.6 Å². The zero-order valence-corrected chi connectivity index (χ0v) is 15.6. The van der Waals surface area contributed by atoms with Crippen LogP contribution in [0.2, 0.25) is 0 Å². The lowest BCUT2D eigenvalue weighted by atomic mass is 9.45. The van der Waals surface area contributed by atoms with Crippen molar-refractivity contribution < 1.29 is 9.53 Å². The summed E-state index contributed by atoms with van der Waals surface area (Å²) in [5.41, 5.74) is 9.56. The van der Waals surface area contributed by atoms with Crippen molar-refractivity contribution in [3.63, 3.8) is 0 Å². The largest absolute Gasteiger partial charge is 0.455 e. The number of carbonyl (C=O) groups excluding carboxylic acids is 1. The van der Waals surface area contributed by atoms with Crippen LogP contribution in [0.15, 0.2) is 18.2 Å². The molecular formula is C22H28N2O2. The second-order valence-corrected chi connectivity index (χ2v) is 9.76. The van der Waals surface area contributed by atoms with E-state index in [1.165, 1.54) is 36.1 Å². The highest BCUT2D eigenvalue weighted by Crippen LogP contribution is 2.64. The maximum atomic E-state index is 12.8. The van der Waals surface area contributed by atoms with Crippen LogP contribution < -0.4 is 5.73 Å². The van der Waals surface area contributed by atoms with Gasteiger partial charge in [0.25, 0.3) is 0 Å². The van der Waals surface area contributed by atoms with Crippen LogP contribution in [0.1, 0.15) is 55.2 Å². The third-order valence-corrected chi connectivity index (χ3v) is 8.24. The standard InChI is InChI=1S/C22H28N2O2/c1-14-2-5-16-11-18-22-7-6-21(23,19(25)26-22)13-20(22,17(16)10-14)8-9-24(18)12-15-3-4-15/h2,5,10,15,18H,3-4,6-9,11-13,23H2,1H3/t18-,20-,21?,22-/m1/s1. The Balaban J connectivity index is 1.55. The van der Waals surface area contributed by atoms with Crippen molar-refractivity contribution in [2.75, 3.05) is 13.1 Å². The van der Waals surface area contributed by atoms with Gasteiger partial charge in [0.05, 0.1) is 6.04 Å². The van der Waals surface area contributed by atoms with Crippen molar-refractivity contribution in [2.45, 2.75) is 74.5 Å². The smallest absolute Gasteiger partial charge is 0.326 e. The minimum atomic E-state index is -0.788. The Morgan fingerprint density at radius 1 is 1.27 bits per heavy atom. The highest BCUT2D eigenvalue weighted by molar-refractivity contribution is 5.84. The first kappa shape index (κ1) is 15.6. The van der Waals surface area contributed by atoms with Gasteiger partial charge >= 0.3 is 5.97 Å². The number of fused-ring (bicyclic) bond motifs is 3. The summed E-state index contributed by atoms with van der Waals surface area (Å²) >= 11 is 0. The number of hydrogen-bond donors (Lipinski definition) is 1. The molecule has 4 atom stereocenters. The monoisotopic (exact) mass is 352 g/mol. The first-order chi connectivity index (χ1) is 12.5. The van der Waals surface area contributed by atoms with Crippen LogP contribution in [0.25, 0.3) is 0 Å². The molecule has 0 aromatic heterocycles. The number of hydrogen-bond acceptors (Lipinski definition) is 4. The Hall–Kier alpha value is -1.39.